The summed E-state index contributed by atoms with van der Waals surface area (Å²) in [6, 6.07) is 7.50. The summed E-state index contributed by atoms with van der Waals surface area (Å²) in [5, 5.41) is 11.1. The van der Waals surface area contributed by atoms with Crippen molar-refractivity contribution in [3.63, 3.8) is 0 Å². The summed E-state index contributed by atoms with van der Waals surface area (Å²) in [7, 11) is 0. The summed E-state index contributed by atoms with van der Waals surface area (Å²) >= 11 is 0. The molecule has 1 aromatic rings. The third kappa shape index (κ3) is 7.61. The summed E-state index contributed by atoms with van der Waals surface area (Å²) in [6.45, 7) is 2.23. The molecule has 0 saturated heterocycles. The molecule has 21 heavy (non-hydrogen) atoms. The van der Waals surface area contributed by atoms with E-state index in [1.54, 1.807) is 12.1 Å². The van der Waals surface area contributed by atoms with Gasteiger partial charge < -0.3 is 0 Å². The van der Waals surface area contributed by atoms with Crippen molar-refractivity contribution in [1.82, 2.24) is 0 Å². The zero-order valence-electron chi connectivity index (χ0n) is 12.8. The highest BCUT2D eigenvalue weighted by Crippen LogP contribution is 2.11. The van der Waals surface area contributed by atoms with Gasteiger partial charge in [0.1, 0.15) is 6.21 Å². The highest BCUT2D eigenvalue weighted by Gasteiger charge is 2.03. The molecule has 1 rings (SSSR count). The highest BCUT2D eigenvalue weighted by molar-refractivity contribution is 6.35. The van der Waals surface area contributed by atoms with E-state index in [0.717, 1.165) is 12.6 Å². The number of aryl methyl sites for hydroxylation is 1. The Labute approximate surface area is 126 Å². The number of hydrogen-bond acceptors (Lipinski definition) is 4. The maximum absolute atomic E-state index is 11.6. The van der Waals surface area contributed by atoms with Gasteiger partial charge in [-0.3, -0.25) is 4.79 Å². The Morgan fingerprint density at radius 2 is 1.71 bits per heavy atom. The largest absolute Gasteiger partial charge is 0.287 e. The molecule has 0 fully saturated rings. The van der Waals surface area contributed by atoms with Gasteiger partial charge in [0.05, 0.1) is 0 Å². The molecule has 0 aliphatic heterocycles. The van der Waals surface area contributed by atoms with Crippen LogP contribution in [0.25, 0.3) is 0 Å². The van der Waals surface area contributed by atoms with Crippen LogP contribution in [0.4, 0.5) is 0 Å². The zero-order chi connectivity index (χ0) is 15.3. The molecule has 1 aromatic carbocycles. The number of carbonyl (C=O) groups is 1. The van der Waals surface area contributed by atoms with Crippen molar-refractivity contribution in [2.24, 2.45) is 5.16 Å². The number of rotatable bonds is 11. The Morgan fingerprint density at radius 3 is 2.33 bits per heavy atom. The number of carbonyl (C=O) groups excluding carboxylic acids is 1. The fourth-order valence-electron chi connectivity index (χ4n) is 2.27. The van der Waals surface area contributed by atoms with Crippen molar-refractivity contribution in [2.45, 2.75) is 58.3 Å². The molecule has 4 heteroatoms. The Hall–Kier alpha value is -1.68. The number of Topliss-reactive ketones (excluding diaryl/α,β-unsaturated/α-hetero) is 1. The van der Waals surface area contributed by atoms with Gasteiger partial charge in [-0.2, -0.15) is 5.26 Å². The van der Waals surface area contributed by atoms with E-state index in [1.807, 2.05) is 12.1 Å². The van der Waals surface area contributed by atoms with E-state index in [9.17, 15) is 4.79 Å². The summed E-state index contributed by atoms with van der Waals surface area (Å²) in [5.41, 5.74) is 1.79. The third-order valence-corrected chi connectivity index (χ3v) is 3.52. The number of nitrogens with zero attached hydrogens (tertiary/aromatic N) is 1. The molecular formula is C17H25NO3. The number of ketones is 1. The van der Waals surface area contributed by atoms with E-state index in [1.165, 1.54) is 50.5 Å². The molecule has 0 radical (unpaired) electrons. The average molecular weight is 291 g/mol. The first-order valence-corrected chi connectivity index (χ1v) is 7.75. The maximum Gasteiger partial charge on any atom is 0.207 e. The molecule has 0 saturated carbocycles. The van der Waals surface area contributed by atoms with Gasteiger partial charge in [0.15, 0.2) is 0 Å². The van der Waals surface area contributed by atoms with Crippen LogP contribution in [0.2, 0.25) is 0 Å². The van der Waals surface area contributed by atoms with Crippen LogP contribution in [0.1, 0.15) is 67.8 Å². The van der Waals surface area contributed by atoms with Crippen LogP contribution in [0.15, 0.2) is 29.4 Å². The van der Waals surface area contributed by atoms with Crippen molar-refractivity contribution in [3.05, 3.63) is 35.4 Å². The van der Waals surface area contributed by atoms with Gasteiger partial charge in [0, 0.05) is 5.56 Å². The van der Waals surface area contributed by atoms with E-state index in [2.05, 4.69) is 17.1 Å². The van der Waals surface area contributed by atoms with Crippen molar-refractivity contribution in [1.29, 1.82) is 0 Å². The van der Waals surface area contributed by atoms with Crippen molar-refractivity contribution in [3.8, 4) is 0 Å². The van der Waals surface area contributed by atoms with E-state index >= 15 is 0 Å². The Balaban J connectivity index is 2.25. The lowest BCUT2D eigenvalue weighted by molar-refractivity contribution is -0.242. The van der Waals surface area contributed by atoms with E-state index in [0.29, 0.717) is 5.56 Å². The molecular weight excluding hydrogens is 266 g/mol. The SMILES string of the molecule is CCCCCCCCCc1ccc(C(=O)/C=N/OO)cc1. The molecule has 1 N–H and O–H groups in total. The van der Waals surface area contributed by atoms with Gasteiger partial charge in [-0.15, -0.1) is 0 Å². The van der Waals surface area contributed by atoms with Crippen LogP contribution in [0.3, 0.4) is 0 Å². The Morgan fingerprint density at radius 1 is 1.10 bits per heavy atom. The average Bonchev–Trinajstić information content (AvgIpc) is 2.52. The van der Waals surface area contributed by atoms with Gasteiger partial charge in [-0.1, -0.05) is 69.7 Å². The molecule has 0 heterocycles. The first-order valence-electron chi connectivity index (χ1n) is 7.75. The summed E-state index contributed by atoms with van der Waals surface area (Å²) in [4.78, 5) is 15.1. The lowest BCUT2D eigenvalue weighted by atomic mass is 10.0. The number of hydrogen-bond donors (Lipinski definition) is 1. The van der Waals surface area contributed by atoms with Crippen LogP contribution in [0.5, 0.6) is 0 Å². The summed E-state index contributed by atoms with van der Waals surface area (Å²) in [6.07, 6.45) is 11.1. The predicted octanol–water partition coefficient (Wildman–Crippen LogP) is 4.64. The Kier molecular flexibility index (Phi) is 9.13. The lowest BCUT2D eigenvalue weighted by Gasteiger charge is -2.03. The highest BCUT2D eigenvalue weighted by atomic mass is 17.2. The molecule has 0 amide bonds. The summed E-state index contributed by atoms with van der Waals surface area (Å²) < 4.78 is 0. The number of benzene rings is 1. The molecule has 4 nitrogen and oxygen atoms in total. The van der Waals surface area contributed by atoms with Crippen LogP contribution >= 0.6 is 0 Å². The number of unbranched alkanes of at least 4 members (excludes halogenated alkanes) is 6. The van der Waals surface area contributed by atoms with Gasteiger partial charge in [-0.25, -0.2) is 4.99 Å². The van der Waals surface area contributed by atoms with Crippen molar-refractivity contribution < 1.29 is 15.0 Å². The monoisotopic (exact) mass is 291 g/mol. The lowest BCUT2D eigenvalue weighted by Crippen LogP contribution is -2.00. The van der Waals surface area contributed by atoms with Crippen LogP contribution in [0, 0.1) is 0 Å². The minimum atomic E-state index is -0.286. The van der Waals surface area contributed by atoms with Gasteiger partial charge in [-0.05, 0) is 23.6 Å². The second-order valence-electron chi connectivity index (χ2n) is 5.25. The quantitative estimate of drug-likeness (QED) is 0.212. The standard InChI is InChI=1S/C17H25NO3/c1-2-3-4-5-6-7-8-9-15-10-12-16(13-11-15)17(19)14-18-21-20/h10-14,20H,2-9H2,1H3/b18-14+. The first-order chi connectivity index (χ1) is 10.3. The molecule has 0 spiro atoms. The first kappa shape index (κ1) is 17.4. The van der Waals surface area contributed by atoms with Gasteiger partial charge in [0.25, 0.3) is 0 Å². The van der Waals surface area contributed by atoms with Crippen molar-refractivity contribution >= 4 is 12.0 Å². The molecule has 0 atom stereocenters. The second kappa shape index (κ2) is 11.0. The van der Waals surface area contributed by atoms with Crippen LogP contribution in [-0.2, 0) is 11.4 Å². The molecule has 0 bridgehead atoms. The van der Waals surface area contributed by atoms with E-state index in [-0.39, 0.29) is 5.78 Å². The fourth-order valence-corrected chi connectivity index (χ4v) is 2.27. The Bertz CT molecular complexity index is 426. The molecule has 116 valence electrons. The van der Waals surface area contributed by atoms with E-state index < -0.39 is 0 Å². The second-order valence-corrected chi connectivity index (χ2v) is 5.25. The summed E-state index contributed by atoms with van der Waals surface area (Å²) in [5.74, 6) is -0.286. The third-order valence-electron chi connectivity index (χ3n) is 3.52. The van der Waals surface area contributed by atoms with Crippen LogP contribution in [-0.4, -0.2) is 17.3 Å². The van der Waals surface area contributed by atoms with Crippen LogP contribution < -0.4 is 0 Å². The molecule has 0 aliphatic carbocycles. The maximum atomic E-state index is 11.6. The topological polar surface area (TPSA) is 58.9 Å². The predicted molar refractivity (Wildman–Crippen MR) is 84.7 cm³/mol. The zero-order valence-corrected chi connectivity index (χ0v) is 12.8. The van der Waals surface area contributed by atoms with Gasteiger partial charge >= 0.3 is 0 Å². The smallest absolute Gasteiger partial charge is 0.207 e. The minimum Gasteiger partial charge on any atom is -0.287 e. The molecule has 0 unspecified atom stereocenters. The van der Waals surface area contributed by atoms with E-state index in [4.69, 9.17) is 5.26 Å². The number of oxime groups is 1. The van der Waals surface area contributed by atoms with Gasteiger partial charge in [0.2, 0.25) is 5.78 Å². The fraction of sp³-hybridized carbons (Fsp3) is 0.529. The minimum absolute atomic E-state index is 0.286. The molecule has 0 aliphatic rings. The molecule has 0 aromatic heterocycles. The van der Waals surface area contributed by atoms with Crippen molar-refractivity contribution in [2.75, 3.05) is 0 Å². The normalized spacial score (nSPS) is 11.0.